The van der Waals surface area contributed by atoms with Crippen LogP contribution in [0.5, 0.6) is 0 Å². The van der Waals surface area contributed by atoms with Gasteiger partial charge in [0.05, 0.1) is 11.9 Å². The molecule has 1 aromatic heterocycles. The predicted octanol–water partition coefficient (Wildman–Crippen LogP) is 0.733. The van der Waals surface area contributed by atoms with E-state index in [9.17, 15) is 4.79 Å². The third kappa shape index (κ3) is 4.70. The average molecular weight is 210 g/mol. The number of nitrogens with zero attached hydrogens (tertiary/aromatic N) is 1. The molecular formula is C9H14N4O2. The summed E-state index contributed by atoms with van der Waals surface area (Å²) in [5.74, 6) is 0.736. The summed E-state index contributed by atoms with van der Waals surface area (Å²) in [6.45, 7) is 1.09. The second-order valence-electron chi connectivity index (χ2n) is 2.99. The minimum atomic E-state index is -0.999. The molecule has 1 rings (SSSR count). The highest BCUT2D eigenvalue weighted by Gasteiger charge is 1.94. The van der Waals surface area contributed by atoms with Crippen molar-refractivity contribution >= 4 is 17.6 Å². The smallest absolute Gasteiger partial charge is 0.404 e. The van der Waals surface area contributed by atoms with Crippen LogP contribution >= 0.6 is 0 Å². The van der Waals surface area contributed by atoms with Crippen molar-refractivity contribution in [3.63, 3.8) is 0 Å². The Morgan fingerprint density at radius 3 is 2.87 bits per heavy atom. The summed E-state index contributed by atoms with van der Waals surface area (Å²) < 4.78 is 0. The highest BCUT2D eigenvalue weighted by molar-refractivity contribution is 5.64. The van der Waals surface area contributed by atoms with Gasteiger partial charge in [-0.05, 0) is 18.6 Å². The summed E-state index contributed by atoms with van der Waals surface area (Å²) in [6.07, 6.45) is 1.27. The largest absolute Gasteiger partial charge is 0.465 e. The molecule has 0 atom stereocenters. The van der Waals surface area contributed by atoms with Gasteiger partial charge in [0.15, 0.2) is 0 Å². The minimum Gasteiger partial charge on any atom is -0.465 e. The van der Waals surface area contributed by atoms with Crippen molar-refractivity contribution in [1.29, 1.82) is 0 Å². The van der Waals surface area contributed by atoms with E-state index in [1.165, 1.54) is 0 Å². The van der Waals surface area contributed by atoms with Crippen molar-refractivity contribution in [3.8, 4) is 0 Å². The zero-order valence-corrected chi connectivity index (χ0v) is 8.23. The quantitative estimate of drug-likeness (QED) is 0.537. The molecule has 0 spiro atoms. The second-order valence-corrected chi connectivity index (χ2v) is 2.99. The van der Waals surface area contributed by atoms with Gasteiger partial charge in [0.2, 0.25) is 0 Å². The molecule has 0 saturated heterocycles. The van der Waals surface area contributed by atoms with Crippen LogP contribution in [0.2, 0.25) is 0 Å². The Morgan fingerprint density at radius 2 is 2.27 bits per heavy atom. The number of nitrogen functional groups attached to an aromatic ring is 1. The van der Waals surface area contributed by atoms with Crippen LogP contribution in [0.15, 0.2) is 18.3 Å². The van der Waals surface area contributed by atoms with Gasteiger partial charge in [-0.2, -0.15) is 0 Å². The van der Waals surface area contributed by atoms with E-state index in [1.54, 1.807) is 18.3 Å². The lowest BCUT2D eigenvalue weighted by Gasteiger charge is -2.05. The number of rotatable bonds is 5. The molecular weight excluding hydrogens is 196 g/mol. The Labute approximate surface area is 87.5 Å². The zero-order valence-electron chi connectivity index (χ0n) is 8.23. The van der Waals surface area contributed by atoms with Crippen LogP contribution in [0.1, 0.15) is 6.42 Å². The molecule has 0 saturated carbocycles. The number of aromatic nitrogens is 1. The summed E-state index contributed by atoms with van der Waals surface area (Å²) in [5.41, 5.74) is 6.09. The number of pyridine rings is 1. The number of nitrogens with one attached hydrogen (secondary N) is 2. The number of amides is 1. The molecule has 15 heavy (non-hydrogen) atoms. The zero-order chi connectivity index (χ0) is 11.1. The molecule has 82 valence electrons. The minimum absolute atomic E-state index is 0.428. The van der Waals surface area contributed by atoms with Crippen molar-refractivity contribution in [2.24, 2.45) is 0 Å². The second kappa shape index (κ2) is 5.69. The van der Waals surface area contributed by atoms with Crippen LogP contribution in [-0.2, 0) is 0 Å². The maximum Gasteiger partial charge on any atom is 0.404 e. The van der Waals surface area contributed by atoms with Gasteiger partial charge in [-0.15, -0.1) is 0 Å². The van der Waals surface area contributed by atoms with Gasteiger partial charge in [0, 0.05) is 13.1 Å². The predicted molar refractivity (Wildman–Crippen MR) is 57.8 cm³/mol. The Bertz CT molecular complexity index is 312. The molecule has 0 aliphatic heterocycles. The average Bonchev–Trinajstić information content (AvgIpc) is 2.20. The molecule has 1 heterocycles. The number of anilines is 2. The Hall–Kier alpha value is -1.98. The van der Waals surface area contributed by atoms with E-state index >= 15 is 0 Å². The SMILES string of the molecule is Nc1ccc(NCCCNC(=O)O)nc1. The van der Waals surface area contributed by atoms with E-state index in [1.807, 2.05) is 0 Å². The van der Waals surface area contributed by atoms with Gasteiger partial charge >= 0.3 is 6.09 Å². The fourth-order valence-electron chi connectivity index (χ4n) is 1.01. The lowest BCUT2D eigenvalue weighted by atomic mass is 10.4. The molecule has 0 aliphatic carbocycles. The Balaban J connectivity index is 2.15. The van der Waals surface area contributed by atoms with Crippen LogP contribution in [0.4, 0.5) is 16.3 Å². The molecule has 1 amide bonds. The normalized spacial score (nSPS) is 9.60. The topological polar surface area (TPSA) is 100 Å². The molecule has 0 aromatic carbocycles. The van der Waals surface area contributed by atoms with E-state index < -0.39 is 6.09 Å². The molecule has 1 aromatic rings. The standard InChI is InChI=1S/C9H14N4O2/c10-7-2-3-8(13-6-7)11-4-1-5-12-9(14)15/h2-3,6,12H,1,4-5,10H2,(H,11,13)(H,14,15). The first kappa shape index (κ1) is 11.1. The third-order valence-corrected chi connectivity index (χ3v) is 1.72. The summed E-state index contributed by atoms with van der Waals surface area (Å²) >= 11 is 0. The van der Waals surface area contributed by atoms with Gasteiger partial charge in [0.25, 0.3) is 0 Å². The van der Waals surface area contributed by atoms with Crippen molar-refractivity contribution in [2.75, 3.05) is 24.1 Å². The summed E-state index contributed by atoms with van der Waals surface area (Å²) in [7, 11) is 0. The van der Waals surface area contributed by atoms with Crippen molar-refractivity contribution in [2.45, 2.75) is 6.42 Å². The van der Waals surface area contributed by atoms with E-state index in [2.05, 4.69) is 15.6 Å². The van der Waals surface area contributed by atoms with E-state index in [0.717, 1.165) is 5.82 Å². The third-order valence-electron chi connectivity index (χ3n) is 1.72. The summed E-state index contributed by atoms with van der Waals surface area (Å²) in [5, 5.41) is 13.6. The Kier molecular flexibility index (Phi) is 4.21. The van der Waals surface area contributed by atoms with Crippen LogP contribution in [0.3, 0.4) is 0 Å². The lowest BCUT2D eigenvalue weighted by Crippen LogP contribution is -2.23. The van der Waals surface area contributed by atoms with Gasteiger partial charge in [-0.1, -0.05) is 0 Å². The van der Waals surface area contributed by atoms with Crippen LogP contribution in [0, 0.1) is 0 Å². The van der Waals surface area contributed by atoms with Crippen molar-refractivity contribution in [3.05, 3.63) is 18.3 Å². The molecule has 6 nitrogen and oxygen atoms in total. The number of nitrogens with two attached hydrogens (primary N) is 1. The first-order valence-electron chi connectivity index (χ1n) is 4.60. The van der Waals surface area contributed by atoms with Gasteiger partial charge in [-0.3, -0.25) is 0 Å². The fourth-order valence-corrected chi connectivity index (χ4v) is 1.01. The molecule has 5 N–H and O–H groups in total. The number of hydrogen-bond acceptors (Lipinski definition) is 4. The monoisotopic (exact) mass is 210 g/mol. The van der Waals surface area contributed by atoms with Crippen LogP contribution in [-0.4, -0.2) is 29.3 Å². The van der Waals surface area contributed by atoms with Gasteiger partial charge in [-0.25, -0.2) is 9.78 Å². The maximum atomic E-state index is 10.1. The van der Waals surface area contributed by atoms with Crippen molar-refractivity contribution < 1.29 is 9.90 Å². The number of carbonyl (C=O) groups is 1. The first-order valence-corrected chi connectivity index (χ1v) is 4.60. The molecule has 0 unspecified atom stereocenters. The summed E-state index contributed by atoms with van der Waals surface area (Å²) in [4.78, 5) is 14.2. The molecule has 0 fully saturated rings. The molecule has 0 radical (unpaired) electrons. The highest BCUT2D eigenvalue weighted by atomic mass is 16.4. The molecule has 6 heteroatoms. The number of hydrogen-bond donors (Lipinski definition) is 4. The summed E-state index contributed by atoms with van der Waals surface area (Å²) in [6, 6.07) is 3.53. The maximum absolute atomic E-state index is 10.1. The van der Waals surface area contributed by atoms with Crippen LogP contribution < -0.4 is 16.4 Å². The fraction of sp³-hybridized carbons (Fsp3) is 0.333. The highest BCUT2D eigenvalue weighted by Crippen LogP contribution is 2.05. The van der Waals surface area contributed by atoms with E-state index in [4.69, 9.17) is 10.8 Å². The van der Waals surface area contributed by atoms with Crippen molar-refractivity contribution in [1.82, 2.24) is 10.3 Å². The van der Waals surface area contributed by atoms with E-state index in [0.29, 0.717) is 25.2 Å². The first-order chi connectivity index (χ1) is 7.18. The van der Waals surface area contributed by atoms with Crippen LogP contribution in [0.25, 0.3) is 0 Å². The van der Waals surface area contributed by atoms with E-state index in [-0.39, 0.29) is 0 Å². The van der Waals surface area contributed by atoms with Gasteiger partial charge in [0.1, 0.15) is 5.82 Å². The lowest BCUT2D eigenvalue weighted by molar-refractivity contribution is 0.194. The molecule has 0 bridgehead atoms. The number of carboxylic acid groups (broad SMARTS) is 1. The molecule has 0 aliphatic rings. The van der Waals surface area contributed by atoms with Gasteiger partial charge < -0.3 is 21.5 Å². The Morgan fingerprint density at radius 1 is 1.47 bits per heavy atom.